The molecule has 1 aliphatic rings. The van der Waals surface area contributed by atoms with Crippen LogP contribution in [0.4, 0.5) is 0 Å². The SMILES string of the molecule is CCN1CC(COCCCC(C)C)C1. The highest BCUT2D eigenvalue weighted by atomic mass is 16.5. The minimum absolute atomic E-state index is 0.814. The molecule has 0 aromatic carbocycles. The van der Waals surface area contributed by atoms with E-state index in [1.807, 2.05) is 0 Å². The zero-order valence-electron chi connectivity index (χ0n) is 9.96. The van der Waals surface area contributed by atoms with Crippen LogP contribution in [0.1, 0.15) is 33.6 Å². The van der Waals surface area contributed by atoms with Crippen LogP contribution in [0.5, 0.6) is 0 Å². The van der Waals surface area contributed by atoms with E-state index in [4.69, 9.17) is 4.74 Å². The Balaban J connectivity index is 1.81. The van der Waals surface area contributed by atoms with E-state index in [0.29, 0.717) is 0 Å². The smallest absolute Gasteiger partial charge is 0.0518 e. The molecule has 0 unspecified atom stereocenters. The van der Waals surface area contributed by atoms with Gasteiger partial charge in [-0.3, -0.25) is 0 Å². The predicted molar refractivity (Wildman–Crippen MR) is 60.5 cm³/mol. The number of likely N-dealkylation sites (tertiary alicyclic amines) is 1. The summed E-state index contributed by atoms with van der Waals surface area (Å²) in [5.41, 5.74) is 0. The topological polar surface area (TPSA) is 12.5 Å². The molecule has 1 fully saturated rings. The Hall–Kier alpha value is -0.0800. The van der Waals surface area contributed by atoms with Crippen molar-refractivity contribution in [3.63, 3.8) is 0 Å². The minimum Gasteiger partial charge on any atom is -0.381 e. The van der Waals surface area contributed by atoms with Gasteiger partial charge in [-0.2, -0.15) is 0 Å². The second kappa shape index (κ2) is 6.41. The van der Waals surface area contributed by atoms with Crippen molar-refractivity contribution >= 4 is 0 Å². The zero-order valence-corrected chi connectivity index (χ0v) is 9.96. The first-order valence-corrected chi connectivity index (χ1v) is 6.02. The lowest BCUT2D eigenvalue weighted by atomic mass is 10.0. The van der Waals surface area contributed by atoms with Crippen molar-refractivity contribution in [2.24, 2.45) is 11.8 Å². The van der Waals surface area contributed by atoms with Crippen molar-refractivity contribution in [2.75, 3.05) is 32.8 Å². The Morgan fingerprint density at radius 1 is 1.36 bits per heavy atom. The first-order chi connectivity index (χ1) is 6.72. The van der Waals surface area contributed by atoms with Crippen molar-refractivity contribution in [3.05, 3.63) is 0 Å². The zero-order chi connectivity index (χ0) is 10.4. The first-order valence-electron chi connectivity index (χ1n) is 6.02. The Labute approximate surface area is 88.6 Å². The van der Waals surface area contributed by atoms with Gasteiger partial charge in [0.15, 0.2) is 0 Å². The van der Waals surface area contributed by atoms with Gasteiger partial charge in [0.25, 0.3) is 0 Å². The van der Waals surface area contributed by atoms with Crippen LogP contribution in [-0.2, 0) is 4.74 Å². The summed E-state index contributed by atoms with van der Waals surface area (Å²) in [5, 5.41) is 0. The molecule has 1 aliphatic heterocycles. The molecule has 0 spiro atoms. The summed E-state index contributed by atoms with van der Waals surface area (Å²) in [4.78, 5) is 2.46. The number of nitrogens with zero attached hydrogens (tertiary/aromatic N) is 1. The van der Waals surface area contributed by atoms with E-state index in [0.717, 1.165) is 25.0 Å². The number of hydrogen-bond donors (Lipinski definition) is 0. The van der Waals surface area contributed by atoms with Gasteiger partial charge in [0, 0.05) is 25.6 Å². The van der Waals surface area contributed by atoms with E-state index in [1.54, 1.807) is 0 Å². The molecule has 0 aromatic heterocycles. The molecule has 0 aromatic rings. The number of hydrogen-bond acceptors (Lipinski definition) is 2. The van der Waals surface area contributed by atoms with Crippen LogP contribution in [-0.4, -0.2) is 37.7 Å². The molecular formula is C12H25NO. The van der Waals surface area contributed by atoms with Gasteiger partial charge >= 0.3 is 0 Å². The highest BCUT2D eigenvalue weighted by Crippen LogP contribution is 2.15. The molecule has 0 radical (unpaired) electrons. The van der Waals surface area contributed by atoms with Crippen LogP contribution in [0.15, 0.2) is 0 Å². The van der Waals surface area contributed by atoms with Crippen LogP contribution >= 0.6 is 0 Å². The standard InChI is InChI=1S/C12H25NO/c1-4-13-8-12(9-13)10-14-7-5-6-11(2)3/h11-12H,4-10H2,1-3H3. The molecule has 1 saturated heterocycles. The van der Waals surface area contributed by atoms with E-state index < -0.39 is 0 Å². The molecule has 84 valence electrons. The third kappa shape index (κ3) is 4.43. The molecule has 0 aliphatic carbocycles. The van der Waals surface area contributed by atoms with Gasteiger partial charge in [0.2, 0.25) is 0 Å². The second-order valence-electron chi connectivity index (χ2n) is 4.83. The molecule has 0 atom stereocenters. The van der Waals surface area contributed by atoms with Crippen molar-refractivity contribution in [3.8, 4) is 0 Å². The fraction of sp³-hybridized carbons (Fsp3) is 1.00. The Morgan fingerprint density at radius 3 is 2.64 bits per heavy atom. The van der Waals surface area contributed by atoms with Gasteiger partial charge in [-0.1, -0.05) is 20.8 Å². The van der Waals surface area contributed by atoms with E-state index in [1.165, 1.54) is 32.5 Å². The number of ether oxygens (including phenoxy) is 1. The third-order valence-electron chi connectivity index (χ3n) is 2.90. The molecule has 2 nitrogen and oxygen atoms in total. The van der Waals surface area contributed by atoms with Crippen LogP contribution in [0.25, 0.3) is 0 Å². The van der Waals surface area contributed by atoms with E-state index in [-0.39, 0.29) is 0 Å². The first kappa shape index (κ1) is 12.0. The average molecular weight is 199 g/mol. The summed E-state index contributed by atoms with van der Waals surface area (Å²) < 4.78 is 5.65. The fourth-order valence-electron chi connectivity index (χ4n) is 1.88. The maximum absolute atomic E-state index is 5.65. The van der Waals surface area contributed by atoms with Crippen molar-refractivity contribution in [2.45, 2.75) is 33.6 Å². The average Bonchev–Trinajstić information content (AvgIpc) is 2.07. The van der Waals surface area contributed by atoms with E-state index in [2.05, 4.69) is 25.7 Å². The lowest BCUT2D eigenvalue weighted by Crippen LogP contribution is -2.48. The van der Waals surface area contributed by atoms with Gasteiger partial charge in [0.1, 0.15) is 0 Å². The molecule has 0 saturated carbocycles. The van der Waals surface area contributed by atoms with Gasteiger partial charge in [-0.15, -0.1) is 0 Å². The van der Waals surface area contributed by atoms with Crippen LogP contribution < -0.4 is 0 Å². The Morgan fingerprint density at radius 2 is 2.07 bits per heavy atom. The summed E-state index contributed by atoms with van der Waals surface area (Å²) in [7, 11) is 0. The van der Waals surface area contributed by atoms with Crippen molar-refractivity contribution in [1.82, 2.24) is 4.90 Å². The van der Waals surface area contributed by atoms with Crippen molar-refractivity contribution < 1.29 is 4.74 Å². The Bertz CT molecular complexity index is 141. The summed E-state index contributed by atoms with van der Waals surface area (Å²) >= 11 is 0. The largest absolute Gasteiger partial charge is 0.381 e. The highest BCUT2D eigenvalue weighted by molar-refractivity contribution is 4.78. The monoisotopic (exact) mass is 199 g/mol. The summed E-state index contributed by atoms with van der Waals surface area (Å²) in [6, 6.07) is 0. The summed E-state index contributed by atoms with van der Waals surface area (Å²) in [5.74, 6) is 1.63. The lowest BCUT2D eigenvalue weighted by Gasteiger charge is -2.38. The maximum Gasteiger partial charge on any atom is 0.0518 e. The lowest BCUT2D eigenvalue weighted by molar-refractivity contribution is 0.0158. The molecule has 1 rings (SSSR count). The quantitative estimate of drug-likeness (QED) is 0.584. The van der Waals surface area contributed by atoms with Gasteiger partial charge in [-0.25, -0.2) is 0 Å². The maximum atomic E-state index is 5.65. The molecule has 0 bridgehead atoms. The van der Waals surface area contributed by atoms with Gasteiger partial charge < -0.3 is 9.64 Å². The molecule has 0 amide bonds. The molecule has 14 heavy (non-hydrogen) atoms. The molecular weight excluding hydrogens is 174 g/mol. The third-order valence-corrected chi connectivity index (χ3v) is 2.90. The van der Waals surface area contributed by atoms with Crippen LogP contribution in [0, 0.1) is 11.8 Å². The van der Waals surface area contributed by atoms with Crippen LogP contribution in [0.3, 0.4) is 0 Å². The normalized spacial score (nSPS) is 18.9. The van der Waals surface area contributed by atoms with Crippen LogP contribution in [0.2, 0.25) is 0 Å². The number of rotatable bonds is 7. The molecule has 1 heterocycles. The van der Waals surface area contributed by atoms with Gasteiger partial charge in [0.05, 0.1) is 6.61 Å². The van der Waals surface area contributed by atoms with Crippen molar-refractivity contribution in [1.29, 1.82) is 0 Å². The molecule has 0 N–H and O–H groups in total. The predicted octanol–water partition coefficient (Wildman–Crippen LogP) is 2.39. The van der Waals surface area contributed by atoms with E-state index >= 15 is 0 Å². The highest BCUT2D eigenvalue weighted by Gasteiger charge is 2.24. The summed E-state index contributed by atoms with van der Waals surface area (Å²) in [6.07, 6.45) is 2.52. The minimum atomic E-state index is 0.814. The Kier molecular flexibility index (Phi) is 5.49. The summed E-state index contributed by atoms with van der Waals surface area (Å²) in [6.45, 7) is 12.4. The van der Waals surface area contributed by atoms with E-state index in [9.17, 15) is 0 Å². The fourth-order valence-corrected chi connectivity index (χ4v) is 1.88. The second-order valence-corrected chi connectivity index (χ2v) is 4.83. The van der Waals surface area contributed by atoms with Gasteiger partial charge in [-0.05, 0) is 25.3 Å². The molecule has 2 heteroatoms.